The number of aryl methyl sites for hydroxylation is 1. The van der Waals surface area contributed by atoms with Crippen molar-refractivity contribution in [2.24, 2.45) is 5.92 Å². The maximum Gasteiger partial charge on any atom is 0.319 e. The predicted octanol–water partition coefficient (Wildman–Crippen LogP) is 3.51. The van der Waals surface area contributed by atoms with Crippen molar-refractivity contribution in [1.29, 1.82) is 0 Å². The first-order valence-electron chi connectivity index (χ1n) is 8.17. The molecule has 0 saturated heterocycles. The lowest BCUT2D eigenvalue weighted by molar-refractivity contribution is 0.252. The zero-order chi connectivity index (χ0) is 17.5. The Morgan fingerprint density at radius 2 is 1.92 bits per heavy atom. The van der Waals surface area contributed by atoms with Gasteiger partial charge in [0.2, 0.25) is 0 Å². The normalized spacial score (nSPS) is 10.9. The van der Waals surface area contributed by atoms with E-state index >= 15 is 0 Å². The molecule has 2 amide bonds. The highest BCUT2D eigenvalue weighted by Crippen LogP contribution is 2.26. The average Bonchev–Trinajstić information content (AvgIpc) is 2.86. The Morgan fingerprint density at radius 3 is 2.54 bits per heavy atom. The second-order valence-electron chi connectivity index (χ2n) is 6.21. The molecule has 0 unspecified atom stereocenters. The lowest BCUT2D eigenvalue weighted by atomic mass is 10.1. The molecule has 0 bridgehead atoms. The summed E-state index contributed by atoms with van der Waals surface area (Å²) in [6.07, 6.45) is 1.61. The first-order valence-corrected chi connectivity index (χ1v) is 8.99. The van der Waals surface area contributed by atoms with Crippen molar-refractivity contribution in [1.82, 2.24) is 10.3 Å². The summed E-state index contributed by atoms with van der Waals surface area (Å²) in [4.78, 5) is 16.6. The van der Waals surface area contributed by atoms with Crippen molar-refractivity contribution in [3.63, 3.8) is 0 Å². The van der Waals surface area contributed by atoms with Crippen LogP contribution in [0.15, 0.2) is 24.3 Å². The highest BCUT2D eigenvalue weighted by atomic mass is 32.1. The number of amides is 2. The number of hydrogen-bond acceptors (Lipinski definition) is 4. The monoisotopic (exact) mass is 347 g/mol. The Balaban J connectivity index is 1.82. The number of benzene rings is 1. The zero-order valence-corrected chi connectivity index (χ0v) is 15.2. The highest BCUT2D eigenvalue weighted by Gasteiger charge is 2.13. The number of rotatable bonds is 7. The first kappa shape index (κ1) is 18.4. The number of anilines is 1. The number of nitrogens with one attached hydrogen (secondary N) is 2. The van der Waals surface area contributed by atoms with Crippen LogP contribution >= 0.6 is 11.3 Å². The molecule has 0 aliphatic rings. The number of thiazole rings is 1. The van der Waals surface area contributed by atoms with E-state index in [2.05, 4.69) is 29.5 Å². The fourth-order valence-corrected chi connectivity index (χ4v) is 3.21. The number of aliphatic hydroxyl groups excluding tert-OH is 1. The Labute approximate surface area is 147 Å². The summed E-state index contributed by atoms with van der Waals surface area (Å²) >= 11 is 1.51. The number of aliphatic hydroxyl groups is 1. The third-order valence-electron chi connectivity index (χ3n) is 3.54. The van der Waals surface area contributed by atoms with Crippen LogP contribution in [0.25, 0.3) is 0 Å². The van der Waals surface area contributed by atoms with E-state index in [9.17, 15) is 4.79 Å². The van der Waals surface area contributed by atoms with Gasteiger partial charge in [-0.05, 0) is 36.8 Å². The molecule has 0 saturated carbocycles. The Kier molecular flexibility index (Phi) is 6.75. The van der Waals surface area contributed by atoms with E-state index in [4.69, 9.17) is 5.11 Å². The topological polar surface area (TPSA) is 74.2 Å². The average molecular weight is 347 g/mol. The van der Waals surface area contributed by atoms with Crippen molar-refractivity contribution in [3.05, 3.63) is 46.1 Å². The van der Waals surface area contributed by atoms with Gasteiger partial charge in [-0.1, -0.05) is 38.1 Å². The summed E-state index contributed by atoms with van der Waals surface area (Å²) in [6, 6.07) is 7.54. The molecule has 0 radical (unpaired) electrons. The molecule has 0 atom stereocenters. The molecule has 0 fully saturated rings. The second-order valence-corrected chi connectivity index (χ2v) is 7.42. The van der Waals surface area contributed by atoms with Crippen LogP contribution in [0, 0.1) is 12.8 Å². The lowest BCUT2D eigenvalue weighted by Gasteiger charge is -2.09. The number of hydrogen-bond donors (Lipinski definition) is 3. The summed E-state index contributed by atoms with van der Waals surface area (Å²) < 4.78 is 0. The zero-order valence-electron chi connectivity index (χ0n) is 14.4. The van der Waals surface area contributed by atoms with Crippen molar-refractivity contribution in [2.45, 2.75) is 40.2 Å². The maximum absolute atomic E-state index is 12.1. The Hall–Kier alpha value is -1.92. The van der Waals surface area contributed by atoms with E-state index in [1.54, 1.807) is 0 Å². The minimum Gasteiger partial charge on any atom is -0.392 e. The SMILES string of the molecule is Cc1nc(CC(C)C)c(NC(=O)NCCc2ccc(CO)cc2)s1. The number of urea groups is 1. The second kappa shape index (κ2) is 8.80. The molecular weight excluding hydrogens is 322 g/mol. The van der Waals surface area contributed by atoms with Gasteiger partial charge in [-0.2, -0.15) is 0 Å². The van der Waals surface area contributed by atoms with Crippen LogP contribution in [0.2, 0.25) is 0 Å². The van der Waals surface area contributed by atoms with E-state index in [0.717, 1.165) is 39.7 Å². The van der Waals surface area contributed by atoms with Gasteiger partial charge in [0, 0.05) is 6.54 Å². The molecule has 1 aromatic heterocycles. The van der Waals surface area contributed by atoms with E-state index in [1.165, 1.54) is 11.3 Å². The van der Waals surface area contributed by atoms with Gasteiger partial charge >= 0.3 is 6.03 Å². The summed E-state index contributed by atoms with van der Waals surface area (Å²) in [5, 5.41) is 16.6. The van der Waals surface area contributed by atoms with E-state index in [-0.39, 0.29) is 12.6 Å². The van der Waals surface area contributed by atoms with Gasteiger partial charge in [-0.25, -0.2) is 9.78 Å². The Morgan fingerprint density at radius 1 is 1.25 bits per heavy atom. The third kappa shape index (κ3) is 5.62. The van der Waals surface area contributed by atoms with Gasteiger partial charge in [0.05, 0.1) is 17.3 Å². The van der Waals surface area contributed by atoms with Gasteiger partial charge < -0.3 is 10.4 Å². The third-order valence-corrected chi connectivity index (χ3v) is 4.47. The molecule has 1 aromatic carbocycles. The minimum atomic E-state index is -0.198. The van der Waals surface area contributed by atoms with Crippen molar-refractivity contribution >= 4 is 22.4 Å². The van der Waals surface area contributed by atoms with Crippen molar-refractivity contribution in [2.75, 3.05) is 11.9 Å². The molecule has 2 rings (SSSR count). The van der Waals surface area contributed by atoms with E-state index < -0.39 is 0 Å². The molecule has 0 aliphatic carbocycles. The number of carbonyl (C=O) groups excluding carboxylic acids is 1. The largest absolute Gasteiger partial charge is 0.392 e. The molecule has 130 valence electrons. The van der Waals surface area contributed by atoms with Crippen molar-refractivity contribution < 1.29 is 9.90 Å². The van der Waals surface area contributed by atoms with Crippen LogP contribution in [0.4, 0.5) is 9.80 Å². The standard InChI is InChI=1S/C18H25N3O2S/c1-12(2)10-16-17(24-13(3)20-16)21-18(23)19-9-8-14-4-6-15(11-22)7-5-14/h4-7,12,22H,8-11H2,1-3H3,(H2,19,21,23). The number of nitrogens with zero attached hydrogens (tertiary/aromatic N) is 1. The van der Waals surface area contributed by atoms with Gasteiger partial charge in [-0.3, -0.25) is 5.32 Å². The van der Waals surface area contributed by atoms with Crippen LogP contribution in [0.5, 0.6) is 0 Å². The summed E-state index contributed by atoms with van der Waals surface area (Å²) in [7, 11) is 0. The van der Waals surface area contributed by atoms with Crippen LogP contribution in [0.3, 0.4) is 0 Å². The molecule has 0 aliphatic heterocycles. The Bertz CT molecular complexity index is 665. The van der Waals surface area contributed by atoms with Crippen LogP contribution in [-0.4, -0.2) is 22.7 Å². The fourth-order valence-electron chi connectivity index (χ4n) is 2.37. The predicted molar refractivity (Wildman–Crippen MR) is 98.5 cm³/mol. The summed E-state index contributed by atoms with van der Waals surface area (Å²) in [5.41, 5.74) is 2.98. The van der Waals surface area contributed by atoms with Gasteiger partial charge in [0.15, 0.2) is 0 Å². The number of aromatic nitrogens is 1. The molecular formula is C18H25N3O2S. The molecule has 0 spiro atoms. The maximum atomic E-state index is 12.1. The molecule has 2 aromatic rings. The van der Waals surface area contributed by atoms with Gasteiger partial charge in [-0.15, -0.1) is 11.3 Å². The minimum absolute atomic E-state index is 0.0495. The molecule has 6 heteroatoms. The van der Waals surface area contributed by atoms with Gasteiger partial charge in [0.1, 0.15) is 5.00 Å². The quantitative estimate of drug-likeness (QED) is 0.717. The molecule has 24 heavy (non-hydrogen) atoms. The van der Waals surface area contributed by atoms with Crippen LogP contribution in [-0.2, 0) is 19.4 Å². The van der Waals surface area contributed by atoms with Crippen LogP contribution < -0.4 is 10.6 Å². The van der Waals surface area contributed by atoms with Crippen LogP contribution in [0.1, 0.15) is 35.7 Å². The highest BCUT2D eigenvalue weighted by molar-refractivity contribution is 7.16. The summed E-state index contributed by atoms with van der Waals surface area (Å²) in [6.45, 7) is 6.84. The lowest BCUT2D eigenvalue weighted by Crippen LogP contribution is -2.30. The molecule has 3 N–H and O–H groups in total. The summed E-state index contributed by atoms with van der Waals surface area (Å²) in [5.74, 6) is 0.497. The van der Waals surface area contributed by atoms with E-state index in [1.807, 2.05) is 31.2 Å². The smallest absolute Gasteiger partial charge is 0.319 e. The van der Waals surface area contributed by atoms with E-state index in [0.29, 0.717) is 12.5 Å². The molecule has 5 nitrogen and oxygen atoms in total. The van der Waals surface area contributed by atoms with Gasteiger partial charge in [0.25, 0.3) is 0 Å². The van der Waals surface area contributed by atoms with Crippen molar-refractivity contribution in [3.8, 4) is 0 Å². The fraction of sp³-hybridized carbons (Fsp3) is 0.444. The molecule has 1 heterocycles. The first-order chi connectivity index (χ1) is 11.5. The number of carbonyl (C=O) groups is 1.